The minimum absolute atomic E-state index is 0.0252. The van der Waals surface area contributed by atoms with Gasteiger partial charge in [0.2, 0.25) is 5.16 Å². The summed E-state index contributed by atoms with van der Waals surface area (Å²) in [6.45, 7) is 0. The van der Waals surface area contributed by atoms with Crippen LogP contribution >= 0.6 is 11.8 Å². The van der Waals surface area contributed by atoms with E-state index in [1.54, 1.807) is 30.8 Å². The number of benzene rings is 1. The smallest absolute Gasteiger partial charge is 0.253 e. The molecule has 0 radical (unpaired) electrons. The van der Waals surface area contributed by atoms with Crippen LogP contribution in [0.15, 0.2) is 29.4 Å². The molecule has 1 N–H and O–H groups in total. The second-order valence-corrected chi connectivity index (χ2v) is 6.41. The van der Waals surface area contributed by atoms with Gasteiger partial charge >= 0.3 is 0 Å². The maximum atomic E-state index is 11.8. The van der Waals surface area contributed by atoms with Crippen molar-refractivity contribution in [3.8, 4) is 0 Å². The van der Waals surface area contributed by atoms with Crippen molar-refractivity contribution in [3.05, 3.63) is 41.2 Å². The number of carbonyl (C=O) groups excluding carboxylic acids is 1. The standard InChI is InChI=1S/C15H18N4OS/c1-19(2)14(20)12-5-3-10(4-6-12)9-21-15-16-13(17-18-15)11-7-8-11/h3-6,11H,7-9H2,1-2H3,(H,16,17,18). The van der Waals surface area contributed by atoms with Gasteiger partial charge in [-0.1, -0.05) is 23.9 Å². The number of thioether (sulfide) groups is 1. The van der Waals surface area contributed by atoms with Crippen LogP contribution in [0.5, 0.6) is 0 Å². The topological polar surface area (TPSA) is 61.9 Å². The van der Waals surface area contributed by atoms with E-state index in [0.717, 1.165) is 22.3 Å². The third-order valence-corrected chi connectivity index (χ3v) is 4.34. The van der Waals surface area contributed by atoms with E-state index in [2.05, 4.69) is 15.2 Å². The zero-order valence-electron chi connectivity index (χ0n) is 12.2. The van der Waals surface area contributed by atoms with E-state index >= 15 is 0 Å². The zero-order valence-corrected chi connectivity index (χ0v) is 13.0. The second-order valence-electron chi connectivity index (χ2n) is 5.46. The van der Waals surface area contributed by atoms with Gasteiger partial charge < -0.3 is 4.90 Å². The van der Waals surface area contributed by atoms with Crippen LogP contribution in [0.25, 0.3) is 0 Å². The van der Waals surface area contributed by atoms with Crippen LogP contribution in [0.1, 0.15) is 40.5 Å². The molecule has 1 aliphatic carbocycles. The molecule has 0 atom stereocenters. The molecule has 3 rings (SSSR count). The zero-order chi connectivity index (χ0) is 14.8. The number of H-pyrrole nitrogens is 1. The Labute approximate surface area is 128 Å². The molecule has 1 heterocycles. The number of hydrogen-bond donors (Lipinski definition) is 1. The van der Waals surface area contributed by atoms with Crippen molar-refractivity contribution in [2.75, 3.05) is 14.1 Å². The molecule has 5 nitrogen and oxygen atoms in total. The van der Waals surface area contributed by atoms with E-state index in [-0.39, 0.29) is 5.91 Å². The van der Waals surface area contributed by atoms with Crippen LogP contribution in [0.2, 0.25) is 0 Å². The van der Waals surface area contributed by atoms with Crippen LogP contribution < -0.4 is 0 Å². The lowest BCUT2D eigenvalue weighted by molar-refractivity contribution is 0.0827. The lowest BCUT2D eigenvalue weighted by atomic mass is 10.1. The number of nitrogens with one attached hydrogen (secondary N) is 1. The molecule has 1 amide bonds. The first-order valence-corrected chi connectivity index (χ1v) is 7.98. The first-order chi connectivity index (χ1) is 10.1. The number of nitrogens with zero attached hydrogens (tertiary/aromatic N) is 3. The Morgan fingerprint density at radius 1 is 1.33 bits per heavy atom. The summed E-state index contributed by atoms with van der Waals surface area (Å²) in [7, 11) is 3.51. The Kier molecular flexibility index (Phi) is 3.96. The van der Waals surface area contributed by atoms with Gasteiger partial charge in [-0.15, -0.1) is 5.10 Å². The highest BCUT2D eigenvalue weighted by atomic mass is 32.2. The highest BCUT2D eigenvalue weighted by Gasteiger charge is 2.27. The molecule has 1 aliphatic rings. The second kappa shape index (κ2) is 5.89. The van der Waals surface area contributed by atoms with E-state index in [4.69, 9.17) is 0 Å². The monoisotopic (exact) mass is 302 g/mol. The van der Waals surface area contributed by atoms with Gasteiger partial charge in [-0.25, -0.2) is 4.98 Å². The predicted molar refractivity (Wildman–Crippen MR) is 82.4 cm³/mol. The van der Waals surface area contributed by atoms with Crippen molar-refractivity contribution >= 4 is 17.7 Å². The molecular weight excluding hydrogens is 284 g/mol. The summed E-state index contributed by atoms with van der Waals surface area (Å²) in [6, 6.07) is 7.70. The molecule has 1 aromatic carbocycles. The Hall–Kier alpha value is -1.82. The number of carbonyl (C=O) groups is 1. The average Bonchev–Trinajstić information content (AvgIpc) is 3.24. The lowest BCUT2D eigenvalue weighted by Gasteiger charge is -2.10. The largest absolute Gasteiger partial charge is 0.345 e. The summed E-state index contributed by atoms with van der Waals surface area (Å²) >= 11 is 1.61. The molecule has 0 unspecified atom stereocenters. The van der Waals surface area contributed by atoms with Gasteiger partial charge in [0.05, 0.1) is 0 Å². The molecule has 110 valence electrons. The average molecular weight is 302 g/mol. The summed E-state index contributed by atoms with van der Waals surface area (Å²) in [5.41, 5.74) is 1.87. The lowest BCUT2D eigenvalue weighted by Crippen LogP contribution is -2.21. The van der Waals surface area contributed by atoms with Crippen LogP contribution in [0.4, 0.5) is 0 Å². The third-order valence-electron chi connectivity index (χ3n) is 3.42. The van der Waals surface area contributed by atoms with E-state index in [9.17, 15) is 4.79 Å². The fourth-order valence-corrected chi connectivity index (χ4v) is 2.77. The maximum absolute atomic E-state index is 11.8. The van der Waals surface area contributed by atoms with Crippen LogP contribution in [0, 0.1) is 0 Å². The molecule has 1 saturated carbocycles. The Bertz CT molecular complexity index is 631. The fourth-order valence-electron chi connectivity index (χ4n) is 2.01. The summed E-state index contributed by atoms with van der Waals surface area (Å²) in [6.07, 6.45) is 2.45. The Morgan fingerprint density at radius 2 is 2.05 bits per heavy atom. The van der Waals surface area contributed by atoms with E-state index in [1.165, 1.54) is 12.8 Å². The van der Waals surface area contributed by atoms with Gasteiger partial charge in [-0.2, -0.15) is 0 Å². The van der Waals surface area contributed by atoms with Gasteiger partial charge in [0.25, 0.3) is 5.91 Å². The number of hydrogen-bond acceptors (Lipinski definition) is 4. The molecule has 0 spiro atoms. The number of aromatic nitrogens is 3. The molecule has 6 heteroatoms. The van der Waals surface area contributed by atoms with Crippen molar-refractivity contribution in [2.24, 2.45) is 0 Å². The first-order valence-electron chi connectivity index (χ1n) is 6.99. The van der Waals surface area contributed by atoms with Gasteiger partial charge in [0.15, 0.2) is 0 Å². The highest BCUT2D eigenvalue weighted by molar-refractivity contribution is 7.98. The molecule has 0 saturated heterocycles. The summed E-state index contributed by atoms with van der Waals surface area (Å²) in [5.74, 6) is 2.45. The maximum Gasteiger partial charge on any atom is 0.253 e. The van der Waals surface area contributed by atoms with Crippen LogP contribution in [0.3, 0.4) is 0 Å². The third kappa shape index (κ3) is 3.44. The Morgan fingerprint density at radius 3 is 2.67 bits per heavy atom. The van der Waals surface area contributed by atoms with Gasteiger partial charge in [0, 0.05) is 31.3 Å². The van der Waals surface area contributed by atoms with Gasteiger partial charge in [-0.05, 0) is 30.5 Å². The number of amides is 1. The molecule has 1 fully saturated rings. The number of aromatic amines is 1. The molecule has 2 aromatic rings. The molecule has 0 aliphatic heterocycles. The SMILES string of the molecule is CN(C)C(=O)c1ccc(CSc2n[nH]c(C3CC3)n2)cc1. The van der Waals surface area contributed by atoms with Crippen LogP contribution in [-0.2, 0) is 5.75 Å². The summed E-state index contributed by atoms with van der Waals surface area (Å²) in [5, 5.41) is 8.03. The van der Waals surface area contributed by atoms with E-state index in [0.29, 0.717) is 11.5 Å². The van der Waals surface area contributed by atoms with Crippen molar-refractivity contribution in [1.29, 1.82) is 0 Å². The minimum atomic E-state index is 0.0252. The predicted octanol–water partition coefficient (Wildman–Crippen LogP) is 2.68. The number of rotatable bonds is 5. The highest BCUT2D eigenvalue weighted by Crippen LogP contribution is 2.38. The van der Waals surface area contributed by atoms with Gasteiger partial charge in [0.1, 0.15) is 5.82 Å². The quantitative estimate of drug-likeness (QED) is 0.863. The molecule has 0 bridgehead atoms. The molecular formula is C15H18N4OS. The molecule has 21 heavy (non-hydrogen) atoms. The summed E-state index contributed by atoms with van der Waals surface area (Å²) in [4.78, 5) is 17.9. The fraction of sp³-hybridized carbons (Fsp3) is 0.400. The Balaban J connectivity index is 1.58. The molecule has 1 aromatic heterocycles. The van der Waals surface area contributed by atoms with Crippen molar-refractivity contribution < 1.29 is 4.79 Å². The first kappa shape index (κ1) is 14.1. The minimum Gasteiger partial charge on any atom is -0.345 e. The van der Waals surface area contributed by atoms with Crippen molar-refractivity contribution in [1.82, 2.24) is 20.1 Å². The summed E-state index contributed by atoms with van der Waals surface area (Å²) < 4.78 is 0. The van der Waals surface area contributed by atoms with Crippen LogP contribution in [-0.4, -0.2) is 40.1 Å². The van der Waals surface area contributed by atoms with E-state index in [1.807, 2.05) is 24.3 Å². The van der Waals surface area contributed by atoms with E-state index < -0.39 is 0 Å². The van der Waals surface area contributed by atoms with Crippen molar-refractivity contribution in [3.63, 3.8) is 0 Å². The normalized spacial score (nSPS) is 14.2. The van der Waals surface area contributed by atoms with Gasteiger partial charge in [-0.3, -0.25) is 9.89 Å². The van der Waals surface area contributed by atoms with Crippen molar-refractivity contribution in [2.45, 2.75) is 29.7 Å².